The number of ether oxygens (including phenoxy) is 13. The van der Waals surface area contributed by atoms with Crippen LogP contribution in [-0.2, 0) is 61.6 Å². The van der Waals surface area contributed by atoms with Gasteiger partial charge >= 0.3 is 0 Å². The lowest BCUT2D eigenvalue weighted by atomic mass is 9.83. The molecule has 3 N–H and O–H groups in total. The van der Waals surface area contributed by atoms with Crippen LogP contribution in [0.5, 0.6) is 0 Å². The Morgan fingerprint density at radius 3 is 1.23 bits per heavy atom. The first-order chi connectivity index (χ1) is 36.2. The molecule has 0 aromatic heterocycles. The minimum absolute atomic E-state index is 0.152. The quantitative estimate of drug-likeness (QED) is 0.0386. The van der Waals surface area contributed by atoms with E-state index in [1.807, 2.05) is 0 Å². The van der Waals surface area contributed by atoms with Gasteiger partial charge in [-0.15, -0.1) is 0 Å². The Morgan fingerprint density at radius 1 is 0.405 bits per heavy atom. The molecule has 0 amide bonds. The van der Waals surface area contributed by atoms with Gasteiger partial charge in [0.1, 0.15) is 73.2 Å². The van der Waals surface area contributed by atoms with Crippen molar-refractivity contribution in [2.45, 2.75) is 296 Å². The van der Waals surface area contributed by atoms with Crippen LogP contribution in [0.15, 0.2) is 0 Å². The van der Waals surface area contributed by atoms with Crippen LogP contribution in [-0.4, -0.2) is 187 Å². The Balaban J connectivity index is 2.95. The summed E-state index contributed by atoms with van der Waals surface area (Å²) in [7, 11) is 0. The summed E-state index contributed by atoms with van der Waals surface area (Å²) >= 11 is 0. The summed E-state index contributed by atoms with van der Waals surface area (Å²) < 4.78 is 88.1. The lowest BCUT2D eigenvalue weighted by Gasteiger charge is -2.52. The van der Waals surface area contributed by atoms with Gasteiger partial charge in [-0.05, 0) is 70.6 Å². The molecule has 0 aromatic carbocycles. The first kappa shape index (κ1) is 69.5. The van der Waals surface area contributed by atoms with Gasteiger partial charge in [-0.25, -0.2) is 0 Å². The lowest BCUT2D eigenvalue weighted by Crippen LogP contribution is -2.70. The third-order valence-corrected chi connectivity index (χ3v) is 13.8. The average molecular weight is 1070 g/mol. The minimum Gasteiger partial charge on any atom is -0.396 e. The molecule has 2 rings (SSSR count). The maximum atomic E-state index is 13.2. The molecule has 6 unspecified atom stereocenters. The Kier molecular flexibility index (Phi) is 42.4. The molecule has 15 atom stereocenters. The van der Waals surface area contributed by atoms with Crippen molar-refractivity contribution < 1.29 is 76.9 Å². The Labute approximate surface area is 450 Å². The number of unbranched alkanes of at least 4 members (excludes halogenated alkanes) is 10. The van der Waals surface area contributed by atoms with E-state index in [1.165, 1.54) is 0 Å². The molecule has 0 radical (unpaired) electrons. The van der Waals surface area contributed by atoms with Crippen molar-refractivity contribution >= 4 is 0 Å². The standard InChI is InChI=1S/C58H114O16/c1-11-21-33-62-43-45-48(65-36-24-14-4)51(66-37-25-15-5)56(71-42-30-20-10)58(72-45)74-50-46(60)49(52(67-38-26-16-6)54(69-40-28-18-8)53(50)68-39-27-17-7)73-57(61)55(70-41-29-19-9)47(64-35-23-13-3)44(31-32-59)63-34-22-12-2/h44-61H,11-43H2,1-10H3/t44-,45?,46+,47+,48-,49?,50?,51?,52?,53+,54+,55?,56-,57-,58-/m1/s1. The minimum atomic E-state index is -1.65. The second-order valence-electron chi connectivity index (χ2n) is 20.3. The van der Waals surface area contributed by atoms with Crippen molar-refractivity contribution in [3.63, 3.8) is 0 Å². The first-order valence-corrected chi connectivity index (χ1v) is 30.3. The van der Waals surface area contributed by atoms with Crippen LogP contribution in [0.2, 0.25) is 0 Å². The van der Waals surface area contributed by atoms with E-state index >= 15 is 0 Å². The predicted molar refractivity (Wildman–Crippen MR) is 290 cm³/mol. The van der Waals surface area contributed by atoms with Crippen LogP contribution in [0, 0.1) is 0 Å². The summed E-state index contributed by atoms with van der Waals surface area (Å²) in [4.78, 5) is 0. The molecular weight excluding hydrogens is 953 g/mol. The molecule has 1 saturated carbocycles. The number of rotatable bonds is 50. The molecule has 16 nitrogen and oxygen atoms in total. The molecule has 0 spiro atoms. The molecule has 442 valence electrons. The summed E-state index contributed by atoms with van der Waals surface area (Å²) in [5.41, 5.74) is 0. The van der Waals surface area contributed by atoms with E-state index < -0.39 is 91.9 Å². The lowest BCUT2D eigenvalue weighted by molar-refractivity contribution is -0.365. The Morgan fingerprint density at radius 2 is 0.770 bits per heavy atom. The molecule has 2 aliphatic rings. The van der Waals surface area contributed by atoms with E-state index in [-0.39, 0.29) is 19.6 Å². The number of aliphatic hydroxyl groups excluding tert-OH is 3. The number of aliphatic hydroxyl groups is 3. The van der Waals surface area contributed by atoms with E-state index in [2.05, 4.69) is 69.2 Å². The number of hydrogen-bond acceptors (Lipinski definition) is 16. The molecule has 74 heavy (non-hydrogen) atoms. The Hall–Kier alpha value is -0.640. The highest BCUT2D eigenvalue weighted by molar-refractivity contribution is 5.05. The van der Waals surface area contributed by atoms with Crippen molar-refractivity contribution in [3.8, 4) is 0 Å². The molecule has 1 heterocycles. The van der Waals surface area contributed by atoms with Gasteiger partial charge in [0, 0.05) is 72.7 Å². The fourth-order valence-corrected chi connectivity index (χ4v) is 9.06. The number of hydrogen-bond donors (Lipinski definition) is 3. The van der Waals surface area contributed by atoms with E-state index in [1.54, 1.807) is 0 Å². The molecule has 1 saturated heterocycles. The molecular formula is C58H114O16. The van der Waals surface area contributed by atoms with Gasteiger partial charge in [0.15, 0.2) is 12.6 Å². The molecule has 16 heteroatoms. The highest BCUT2D eigenvalue weighted by Crippen LogP contribution is 2.38. The normalized spacial score (nSPS) is 27.1. The largest absolute Gasteiger partial charge is 0.396 e. The van der Waals surface area contributed by atoms with Crippen molar-refractivity contribution in [2.24, 2.45) is 0 Å². The average Bonchev–Trinajstić information content (AvgIpc) is 3.39. The summed E-state index contributed by atoms with van der Waals surface area (Å²) in [6.45, 7) is 25.5. The molecule has 0 bridgehead atoms. The molecule has 1 aliphatic carbocycles. The van der Waals surface area contributed by atoms with Crippen LogP contribution in [0.25, 0.3) is 0 Å². The van der Waals surface area contributed by atoms with Gasteiger partial charge in [0.05, 0.1) is 12.7 Å². The van der Waals surface area contributed by atoms with Gasteiger partial charge in [-0.2, -0.15) is 0 Å². The Bertz CT molecular complexity index is 1240. The maximum absolute atomic E-state index is 13.2. The van der Waals surface area contributed by atoms with E-state index in [0.29, 0.717) is 66.1 Å². The first-order valence-electron chi connectivity index (χ1n) is 30.3. The van der Waals surface area contributed by atoms with Crippen molar-refractivity contribution in [1.82, 2.24) is 0 Å². The highest BCUT2D eigenvalue weighted by Gasteiger charge is 2.58. The molecule has 1 aliphatic heterocycles. The van der Waals surface area contributed by atoms with Crippen molar-refractivity contribution in [1.29, 1.82) is 0 Å². The summed E-state index contributed by atoms with van der Waals surface area (Å²) in [6, 6.07) is 0. The van der Waals surface area contributed by atoms with Crippen LogP contribution in [0.3, 0.4) is 0 Å². The van der Waals surface area contributed by atoms with Crippen LogP contribution >= 0.6 is 0 Å². The fraction of sp³-hybridized carbons (Fsp3) is 1.00. The van der Waals surface area contributed by atoms with Gasteiger partial charge in [-0.1, -0.05) is 133 Å². The zero-order chi connectivity index (χ0) is 54.2. The van der Waals surface area contributed by atoms with E-state index in [4.69, 9.17) is 61.6 Å². The van der Waals surface area contributed by atoms with Crippen LogP contribution in [0.1, 0.15) is 204 Å². The predicted octanol–water partition coefficient (Wildman–Crippen LogP) is 10.0. The summed E-state index contributed by atoms with van der Waals surface area (Å²) in [5.74, 6) is 0. The second kappa shape index (κ2) is 45.1. The topological polar surface area (TPSA) is 181 Å². The van der Waals surface area contributed by atoms with Crippen molar-refractivity contribution in [2.75, 3.05) is 79.3 Å². The van der Waals surface area contributed by atoms with Crippen LogP contribution in [0.4, 0.5) is 0 Å². The third-order valence-electron chi connectivity index (χ3n) is 13.8. The zero-order valence-electron chi connectivity index (χ0n) is 48.6. The third kappa shape index (κ3) is 25.6. The van der Waals surface area contributed by atoms with E-state index in [0.717, 1.165) is 128 Å². The maximum Gasteiger partial charge on any atom is 0.187 e. The second-order valence-corrected chi connectivity index (χ2v) is 20.3. The highest BCUT2D eigenvalue weighted by atomic mass is 16.7. The SMILES string of the molecule is CCCCOCC1O[C@H](OC2[C@@H](O)C(O[C@@H](O)C(OCCCC)[C@@H](OCCCC)[C@@H](CCO)OCCCC)C(OCCCC)[C@H](OCCCC)[C@H]2OCCCC)[C@H](OCCCC)C(OCCCC)[C@@H]1OCCCC. The van der Waals surface area contributed by atoms with E-state index in [9.17, 15) is 15.3 Å². The van der Waals surface area contributed by atoms with Gasteiger partial charge < -0.3 is 76.9 Å². The molecule has 2 fully saturated rings. The van der Waals surface area contributed by atoms with Gasteiger partial charge in [0.2, 0.25) is 0 Å². The fourth-order valence-electron chi connectivity index (χ4n) is 9.06. The summed E-state index contributed by atoms with van der Waals surface area (Å²) in [6.07, 6.45) is 3.22. The van der Waals surface area contributed by atoms with Crippen molar-refractivity contribution in [3.05, 3.63) is 0 Å². The monoisotopic (exact) mass is 1070 g/mol. The van der Waals surface area contributed by atoms with Gasteiger partial charge in [-0.3, -0.25) is 0 Å². The summed E-state index contributed by atoms with van der Waals surface area (Å²) in [5, 5.41) is 36.3. The van der Waals surface area contributed by atoms with Gasteiger partial charge in [0.25, 0.3) is 0 Å². The smallest absolute Gasteiger partial charge is 0.187 e. The van der Waals surface area contributed by atoms with Crippen LogP contribution < -0.4 is 0 Å². The zero-order valence-corrected chi connectivity index (χ0v) is 48.6. The molecule has 0 aromatic rings.